The standard InChI is InChI=1S/C15H22O4/c1-10(2)8-12(15(16)19-5)11-6-7-13(17-3)14(9-11)18-4/h6-7,9-10,12H,8H2,1-5H3/t12-/m0/s1. The van der Waals surface area contributed by atoms with Gasteiger partial charge in [-0.1, -0.05) is 19.9 Å². The van der Waals surface area contributed by atoms with Crippen molar-refractivity contribution < 1.29 is 19.0 Å². The largest absolute Gasteiger partial charge is 0.493 e. The maximum absolute atomic E-state index is 11.9. The van der Waals surface area contributed by atoms with E-state index in [0.29, 0.717) is 17.4 Å². The average Bonchev–Trinajstić information content (AvgIpc) is 2.42. The fourth-order valence-corrected chi connectivity index (χ4v) is 2.05. The van der Waals surface area contributed by atoms with Crippen LogP contribution in [-0.2, 0) is 9.53 Å². The highest BCUT2D eigenvalue weighted by Crippen LogP contribution is 2.33. The molecule has 0 bridgehead atoms. The van der Waals surface area contributed by atoms with Gasteiger partial charge in [-0.15, -0.1) is 0 Å². The van der Waals surface area contributed by atoms with E-state index < -0.39 is 0 Å². The quantitative estimate of drug-likeness (QED) is 0.742. The fraction of sp³-hybridized carbons (Fsp3) is 0.533. The highest BCUT2D eigenvalue weighted by molar-refractivity contribution is 5.78. The first kappa shape index (κ1) is 15.3. The van der Waals surface area contributed by atoms with Crippen LogP contribution >= 0.6 is 0 Å². The van der Waals surface area contributed by atoms with Crippen molar-refractivity contribution in [3.05, 3.63) is 23.8 Å². The van der Waals surface area contributed by atoms with Gasteiger partial charge in [-0.25, -0.2) is 0 Å². The van der Waals surface area contributed by atoms with Crippen LogP contribution < -0.4 is 9.47 Å². The first-order valence-corrected chi connectivity index (χ1v) is 6.33. The third kappa shape index (κ3) is 3.88. The zero-order valence-corrected chi connectivity index (χ0v) is 12.2. The molecule has 1 aromatic rings. The first-order valence-electron chi connectivity index (χ1n) is 6.33. The topological polar surface area (TPSA) is 44.8 Å². The summed E-state index contributed by atoms with van der Waals surface area (Å²) in [5.74, 6) is 1.18. The predicted octanol–water partition coefficient (Wildman–Crippen LogP) is 3.01. The minimum absolute atomic E-state index is 0.221. The molecule has 0 aliphatic heterocycles. The van der Waals surface area contributed by atoms with E-state index >= 15 is 0 Å². The third-order valence-corrected chi connectivity index (χ3v) is 3.00. The van der Waals surface area contributed by atoms with Gasteiger partial charge >= 0.3 is 5.97 Å². The highest BCUT2D eigenvalue weighted by atomic mass is 16.5. The van der Waals surface area contributed by atoms with Gasteiger partial charge in [-0.3, -0.25) is 4.79 Å². The van der Waals surface area contributed by atoms with Gasteiger partial charge in [0.15, 0.2) is 11.5 Å². The van der Waals surface area contributed by atoms with Crippen LogP contribution in [0.2, 0.25) is 0 Å². The van der Waals surface area contributed by atoms with E-state index in [1.54, 1.807) is 14.2 Å². The lowest BCUT2D eigenvalue weighted by Gasteiger charge is -2.18. The second-order valence-corrected chi connectivity index (χ2v) is 4.82. The SMILES string of the molecule is COC(=O)[C@@H](CC(C)C)c1ccc(OC)c(OC)c1. The molecular weight excluding hydrogens is 244 g/mol. The molecule has 0 aliphatic carbocycles. The molecule has 1 atom stereocenters. The Morgan fingerprint density at radius 1 is 1.11 bits per heavy atom. The molecule has 4 heteroatoms. The molecule has 0 fully saturated rings. The van der Waals surface area contributed by atoms with Gasteiger partial charge in [0.25, 0.3) is 0 Å². The summed E-state index contributed by atoms with van der Waals surface area (Å²) in [7, 11) is 4.58. The van der Waals surface area contributed by atoms with Crippen LogP contribution in [0.3, 0.4) is 0 Å². The van der Waals surface area contributed by atoms with Crippen molar-refractivity contribution in [3.63, 3.8) is 0 Å². The van der Waals surface area contributed by atoms with Gasteiger partial charge in [0.05, 0.1) is 27.2 Å². The fourth-order valence-electron chi connectivity index (χ4n) is 2.05. The maximum Gasteiger partial charge on any atom is 0.313 e. The van der Waals surface area contributed by atoms with Crippen molar-refractivity contribution in [1.82, 2.24) is 0 Å². The molecular formula is C15H22O4. The van der Waals surface area contributed by atoms with Crippen LogP contribution in [-0.4, -0.2) is 27.3 Å². The van der Waals surface area contributed by atoms with Crippen molar-refractivity contribution >= 4 is 5.97 Å². The Hall–Kier alpha value is -1.71. The van der Waals surface area contributed by atoms with Gasteiger partial charge < -0.3 is 14.2 Å². The van der Waals surface area contributed by atoms with E-state index in [9.17, 15) is 4.79 Å². The molecule has 0 aromatic heterocycles. The molecule has 19 heavy (non-hydrogen) atoms. The molecule has 0 saturated carbocycles. The third-order valence-electron chi connectivity index (χ3n) is 3.00. The van der Waals surface area contributed by atoms with E-state index in [4.69, 9.17) is 14.2 Å². The second-order valence-electron chi connectivity index (χ2n) is 4.82. The van der Waals surface area contributed by atoms with Gasteiger partial charge in [0, 0.05) is 0 Å². The van der Waals surface area contributed by atoms with Crippen molar-refractivity contribution in [1.29, 1.82) is 0 Å². The molecule has 0 heterocycles. The van der Waals surface area contributed by atoms with Gasteiger partial charge in [-0.05, 0) is 30.0 Å². The molecule has 106 valence electrons. The first-order chi connectivity index (χ1) is 9.03. The average molecular weight is 266 g/mol. The Balaban J connectivity index is 3.11. The Kier molecular flexibility index (Phi) is 5.67. The van der Waals surface area contributed by atoms with Crippen molar-refractivity contribution in [2.24, 2.45) is 5.92 Å². The van der Waals surface area contributed by atoms with Crippen LogP contribution in [0.25, 0.3) is 0 Å². The van der Waals surface area contributed by atoms with E-state index in [-0.39, 0.29) is 11.9 Å². The minimum atomic E-state index is -0.273. The summed E-state index contributed by atoms with van der Waals surface area (Å²) in [6.07, 6.45) is 0.738. The summed E-state index contributed by atoms with van der Waals surface area (Å²) < 4.78 is 15.4. The van der Waals surface area contributed by atoms with E-state index in [1.807, 2.05) is 18.2 Å². The number of hydrogen-bond acceptors (Lipinski definition) is 4. The molecule has 0 spiro atoms. The number of rotatable bonds is 6. The molecule has 0 N–H and O–H groups in total. The molecule has 0 saturated heterocycles. The molecule has 0 aliphatic rings. The lowest BCUT2D eigenvalue weighted by atomic mass is 9.90. The van der Waals surface area contributed by atoms with Crippen molar-refractivity contribution in [3.8, 4) is 11.5 Å². The van der Waals surface area contributed by atoms with E-state index in [1.165, 1.54) is 7.11 Å². The second kappa shape index (κ2) is 7.02. The monoisotopic (exact) mass is 266 g/mol. The van der Waals surface area contributed by atoms with Crippen LogP contribution in [0.4, 0.5) is 0 Å². The molecule has 1 rings (SSSR count). The molecule has 0 unspecified atom stereocenters. The molecule has 1 aromatic carbocycles. The number of esters is 1. The Morgan fingerprint density at radius 3 is 2.21 bits per heavy atom. The summed E-state index contributed by atoms with van der Waals surface area (Å²) in [6, 6.07) is 5.53. The summed E-state index contributed by atoms with van der Waals surface area (Å²) >= 11 is 0. The normalized spacial score (nSPS) is 12.1. The highest BCUT2D eigenvalue weighted by Gasteiger charge is 2.23. The Bertz CT molecular complexity index is 426. The maximum atomic E-state index is 11.9. The number of ether oxygens (including phenoxy) is 3. The molecule has 0 amide bonds. The lowest BCUT2D eigenvalue weighted by Crippen LogP contribution is -2.16. The van der Waals surface area contributed by atoms with Gasteiger partial charge in [-0.2, -0.15) is 0 Å². The summed E-state index contributed by atoms with van der Waals surface area (Å²) in [5.41, 5.74) is 0.887. The smallest absolute Gasteiger partial charge is 0.313 e. The lowest BCUT2D eigenvalue weighted by molar-refractivity contribution is -0.142. The van der Waals surface area contributed by atoms with E-state index in [2.05, 4.69) is 13.8 Å². The summed E-state index contributed by atoms with van der Waals surface area (Å²) in [5, 5.41) is 0. The summed E-state index contributed by atoms with van der Waals surface area (Å²) in [4.78, 5) is 11.9. The molecule has 0 radical (unpaired) electrons. The number of carbonyl (C=O) groups excluding carboxylic acids is 1. The summed E-state index contributed by atoms with van der Waals surface area (Å²) in [6.45, 7) is 4.16. The Morgan fingerprint density at radius 2 is 1.74 bits per heavy atom. The van der Waals surface area contributed by atoms with Crippen LogP contribution in [0.1, 0.15) is 31.7 Å². The number of benzene rings is 1. The van der Waals surface area contributed by atoms with E-state index in [0.717, 1.165) is 12.0 Å². The minimum Gasteiger partial charge on any atom is -0.493 e. The zero-order valence-electron chi connectivity index (χ0n) is 12.2. The Labute approximate surface area is 114 Å². The van der Waals surface area contributed by atoms with Crippen molar-refractivity contribution in [2.45, 2.75) is 26.2 Å². The van der Waals surface area contributed by atoms with Crippen molar-refractivity contribution in [2.75, 3.05) is 21.3 Å². The number of methoxy groups -OCH3 is 3. The zero-order chi connectivity index (χ0) is 14.4. The van der Waals surface area contributed by atoms with Gasteiger partial charge in [0.2, 0.25) is 0 Å². The number of hydrogen-bond donors (Lipinski definition) is 0. The van der Waals surface area contributed by atoms with Gasteiger partial charge in [0.1, 0.15) is 0 Å². The van der Waals surface area contributed by atoms with Crippen LogP contribution in [0, 0.1) is 5.92 Å². The molecule has 4 nitrogen and oxygen atoms in total. The van der Waals surface area contributed by atoms with Crippen LogP contribution in [0.15, 0.2) is 18.2 Å². The van der Waals surface area contributed by atoms with Crippen LogP contribution in [0.5, 0.6) is 11.5 Å². The predicted molar refractivity (Wildman–Crippen MR) is 73.8 cm³/mol. The number of carbonyl (C=O) groups is 1.